The number of nitrogens with two attached hydrogens (primary N) is 1. The molecule has 0 fully saturated rings. The van der Waals surface area contributed by atoms with E-state index in [4.69, 9.17) is 10.5 Å². The highest BCUT2D eigenvalue weighted by atomic mass is 16.5. The normalized spacial score (nSPS) is 10.7. The lowest BCUT2D eigenvalue weighted by molar-refractivity contribution is 0.410. The van der Waals surface area contributed by atoms with E-state index in [1.165, 1.54) is 0 Å². The fourth-order valence-corrected chi connectivity index (χ4v) is 2.37. The lowest BCUT2D eigenvalue weighted by Gasteiger charge is -2.10. The van der Waals surface area contributed by atoms with Gasteiger partial charge in [0.05, 0.1) is 12.6 Å². The van der Waals surface area contributed by atoms with Crippen LogP contribution in [0.3, 0.4) is 0 Å². The van der Waals surface area contributed by atoms with E-state index >= 15 is 0 Å². The Morgan fingerprint density at radius 3 is 2.60 bits per heavy atom. The third-order valence-electron chi connectivity index (χ3n) is 3.41. The van der Waals surface area contributed by atoms with E-state index in [2.05, 4.69) is 11.1 Å². The summed E-state index contributed by atoms with van der Waals surface area (Å²) in [4.78, 5) is 4.46. The predicted octanol–water partition coefficient (Wildman–Crippen LogP) is 3.42. The number of pyridine rings is 1. The van der Waals surface area contributed by atoms with Crippen LogP contribution < -0.4 is 10.5 Å². The highest BCUT2D eigenvalue weighted by Gasteiger charge is 2.08. The molecule has 2 aromatic carbocycles. The molecule has 3 aromatic rings. The lowest BCUT2D eigenvalue weighted by Crippen LogP contribution is -2.00. The maximum Gasteiger partial charge on any atom is 0.127 e. The average molecular weight is 264 g/mol. The number of anilines is 1. The molecule has 100 valence electrons. The van der Waals surface area contributed by atoms with E-state index in [-0.39, 0.29) is 0 Å². The first-order valence-electron chi connectivity index (χ1n) is 6.54. The molecule has 0 amide bonds. The van der Waals surface area contributed by atoms with Crippen molar-refractivity contribution in [3.05, 3.63) is 65.7 Å². The van der Waals surface area contributed by atoms with Crippen LogP contribution in [0.25, 0.3) is 10.9 Å². The van der Waals surface area contributed by atoms with Crippen LogP contribution in [0, 0.1) is 0 Å². The Morgan fingerprint density at radius 1 is 1.00 bits per heavy atom. The van der Waals surface area contributed by atoms with Gasteiger partial charge in [-0.05, 0) is 29.3 Å². The zero-order valence-electron chi connectivity index (χ0n) is 11.3. The summed E-state index contributed by atoms with van der Waals surface area (Å²) in [5, 5.41) is 1.10. The molecule has 3 nitrogen and oxygen atoms in total. The van der Waals surface area contributed by atoms with E-state index in [1.54, 1.807) is 7.11 Å². The first-order chi connectivity index (χ1) is 9.78. The quantitative estimate of drug-likeness (QED) is 0.788. The minimum Gasteiger partial charge on any atom is -0.496 e. The van der Waals surface area contributed by atoms with Gasteiger partial charge in [0.15, 0.2) is 0 Å². The number of nitrogen functional groups attached to an aromatic ring is 1. The first kappa shape index (κ1) is 12.5. The number of para-hydroxylation sites is 2. The van der Waals surface area contributed by atoms with E-state index in [0.717, 1.165) is 27.8 Å². The van der Waals surface area contributed by atoms with Gasteiger partial charge in [-0.25, -0.2) is 4.98 Å². The van der Waals surface area contributed by atoms with Crippen molar-refractivity contribution in [1.82, 2.24) is 4.98 Å². The Labute approximate surface area is 118 Å². The molecular formula is C17H16N2O. The highest BCUT2D eigenvalue weighted by Crippen LogP contribution is 2.25. The SMILES string of the molecule is COc1ccccc1Cc1cc2ccccc2nc1N. The van der Waals surface area contributed by atoms with Gasteiger partial charge >= 0.3 is 0 Å². The molecule has 0 spiro atoms. The van der Waals surface area contributed by atoms with Gasteiger partial charge in [-0.15, -0.1) is 0 Å². The Morgan fingerprint density at radius 2 is 1.75 bits per heavy atom. The van der Waals surface area contributed by atoms with Gasteiger partial charge in [0, 0.05) is 11.8 Å². The van der Waals surface area contributed by atoms with Gasteiger partial charge in [0.25, 0.3) is 0 Å². The van der Waals surface area contributed by atoms with Crippen molar-refractivity contribution in [2.75, 3.05) is 12.8 Å². The molecule has 0 aliphatic rings. The molecule has 1 heterocycles. The molecule has 0 saturated carbocycles. The summed E-state index contributed by atoms with van der Waals surface area (Å²) in [5.41, 5.74) is 9.13. The topological polar surface area (TPSA) is 48.1 Å². The zero-order valence-corrected chi connectivity index (χ0v) is 11.3. The van der Waals surface area contributed by atoms with Gasteiger partial charge in [-0.1, -0.05) is 36.4 Å². The minimum atomic E-state index is 0.578. The van der Waals surface area contributed by atoms with Gasteiger partial charge in [0.2, 0.25) is 0 Å². The first-order valence-corrected chi connectivity index (χ1v) is 6.54. The summed E-state index contributed by atoms with van der Waals surface area (Å²) in [5.74, 6) is 1.45. The monoisotopic (exact) mass is 264 g/mol. The van der Waals surface area contributed by atoms with Gasteiger partial charge in [-0.2, -0.15) is 0 Å². The number of fused-ring (bicyclic) bond motifs is 1. The molecule has 0 atom stereocenters. The number of benzene rings is 2. The van der Waals surface area contributed by atoms with E-state index in [1.807, 2.05) is 48.5 Å². The molecule has 0 aliphatic heterocycles. The van der Waals surface area contributed by atoms with E-state index in [0.29, 0.717) is 12.2 Å². The molecule has 0 aliphatic carbocycles. The van der Waals surface area contributed by atoms with Crippen molar-refractivity contribution in [2.45, 2.75) is 6.42 Å². The Bertz CT molecular complexity index is 753. The van der Waals surface area contributed by atoms with Gasteiger partial charge < -0.3 is 10.5 Å². The second-order valence-corrected chi connectivity index (χ2v) is 4.71. The van der Waals surface area contributed by atoms with E-state index in [9.17, 15) is 0 Å². The van der Waals surface area contributed by atoms with Gasteiger partial charge in [0.1, 0.15) is 11.6 Å². The van der Waals surface area contributed by atoms with Crippen molar-refractivity contribution >= 4 is 16.7 Å². The number of ether oxygens (including phenoxy) is 1. The van der Waals surface area contributed by atoms with Crippen LogP contribution in [0.2, 0.25) is 0 Å². The van der Waals surface area contributed by atoms with Gasteiger partial charge in [-0.3, -0.25) is 0 Å². The fourth-order valence-electron chi connectivity index (χ4n) is 2.37. The summed E-state index contributed by atoms with van der Waals surface area (Å²) >= 11 is 0. The molecular weight excluding hydrogens is 248 g/mol. The lowest BCUT2D eigenvalue weighted by atomic mass is 10.0. The number of hydrogen-bond donors (Lipinski definition) is 1. The molecule has 3 heteroatoms. The molecule has 2 N–H and O–H groups in total. The largest absolute Gasteiger partial charge is 0.496 e. The molecule has 0 radical (unpaired) electrons. The van der Waals surface area contributed by atoms with Crippen molar-refractivity contribution in [3.63, 3.8) is 0 Å². The highest BCUT2D eigenvalue weighted by molar-refractivity contribution is 5.81. The third kappa shape index (κ3) is 2.30. The van der Waals surface area contributed by atoms with Crippen LogP contribution in [-0.2, 0) is 6.42 Å². The Hall–Kier alpha value is -2.55. The second-order valence-electron chi connectivity index (χ2n) is 4.71. The van der Waals surface area contributed by atoms with Crippen molar-refractivity contribution < 1.29 is 4.74 Å². The van der Waals surface area contributed by atoms with E-state index < -0.39 is 0 Å². The molecule has 0 bridgehead atoms. The van der Waals surface area contributed by atoms with Crippen molar-refractivity contribution in [2.24, 2.45) is 0 Å². The number of rotatable bonds is 3. The Balaban J connectivity index is 2.04. The molecule has 0 saturated heterocycles. The smallest absolute Gasteiger partial charge is 0.127 e. The number of methoxy groups -OCH3 is 1. The number of hydrogen-bond acceptors (Lipinski definition) is 3. The zero-order chi connectivity index (χ0) is 13.9. The number of nitrogens with zero attached hydrogens (tertiary/aromatic N) is 1. The average Bonchev–Trinajstić information content (AvgIpc) is 2.48. The maximum absolute atomic E-state index is 6.07. The summed E-state index contributed by atoms with van der Waals surface area (Å²) < 4.78 is 5.38. The predicted molar refractivity (Wildman–Crippen MR) is 82.0 cm³/mol. The Kier molecular flexibility index (Phi) is 3.25. The summed E-state index contributed by atoms with van der Waals surface area (Å²) in [6.45, 7) is 0. The van der Waals surface area contributed by atoms with Crippen LogP contribution in [0.5, 0.6) is 5.75 Å². The fraction of sp³-hybridized carbons (Fsp3) is 0.118. The van der Waals surface area contributed by atoms with Crippen molar-refractivity contribution in [1.29, 1.82) is 0 Å². The summed E-state index contributed by atoms with van der Waals surface area (Å²) in [7, 11) is 1.68. The second kappa shape index (κ2) is 5.21. The third-order valence-corrected chi connectivity index (χ3v) is 3.41. The van der Waals surface area contributed by atoms with Crippen LogP contribution in [0.1, 0.15) is 11.1 Å². The van der Waals surface area contributed by atoms with Crippen LogP contribution in [0.4, 0.5) is 5.82 Å². The molecule has 3 rings (SSSR count). The van der Waals surface area contributed by atoms with Crippen LogP contribution in [0.15, 0.2) is 54.6 Å². The maximum atomic E-state index is 6.07. The summed E-state index contributed by atoms with van der Waals surface area (Å²) in [6.07, 6.45) is 0.716. The van der Waals surface area contributed by atoms with Crippen molar-refractivity contribution in [3.8, 4) is 5.75 Å². The molecule has 0 unspecified atom stereocenters. The molecule has 1 aromatic heterocycles. The molecule has 20 heavy (non-hydrogen) atoms. The number of aromatic nitrogens is 1. The van der Waals surface area contributed by atoms with Crippen LogP contribution >= 0.6 is 0 Å². The summed E-state index contributed by atoms with van der Waals surface area (Å²) in [6, 6.07) is 18.1. The minimum absolute atomic E-state index is 0.578. The standard InChI is InChI=1S/C17H16N2O/c1-20-16-9-5-3-7-13(16)11-14-10-12-6-2-4-8-15(12)19-17(14)18/h2-10H,11H2,1H3,(H2,18,19). The van der Waals surface area contributed by atoms with Crippen LogP contribution in [-0.4, -0.2) is 12.1 Å².